The van der Waals surface area contributed by atoms with Crippen LogP contribution in [0, 0.1) is 0 Å². The highest BCUT2D eigenvalue weighted by Gasteiger charge is 2.46. The van der Waals surface area contributed by atoms with Gasteiger partial charge in [0.25, 0.3) is 0 Å². The lowest BCUT2D eigenvalue weighted by molar-refractivity contribution is -0.145. The molecule has 2 bridgehead atoms. The minimum Gasteiger partial charge on any atom is -0.362 e. The van der Waals surface area contributed by atoms with Gasteiger partial charge in [-0.15, -0.1) is 10.2 Å². The summed E-state index contributed by atoms with van der Waals surface area (Å²) in [5.74, 6) is -0.834. The van der Waals surface area contributed by atoms with E-state index in [0.717, 1.165) is 30.1 Å². The van der Waals surface area contributed by atoms with Gasteiger partial charge in [0.1, 0.15) is 0 Å². The first-order valence-electron chi connectivity index (χ1n) is 7.25. The molecular formula is C13H13F3N6O. The Hall–Kier alpha value is -2.39. The Bertz CT molecular complexity index is 760. The molecule has 0 aromatic carbocycles. The number of carbonyl (C=O) groups is 1. The second kappa shape index (κ2) is 4.80. The van der Waals surface area contributed by atoms with Crippen molar-refractivity contribution in [1.29, 1.82) is 0 Å². The normalized spacial score (nSPS) is 26.9. The number of carbonyl (C=O) groups excluding carboxylic acids is 1. The number of nitrogens with zero attached hydrogens (tertiary/aromatic N) is 5. The van der Waals surface area contributed by atoms with E-state index in [1.54, 1.807) is 4.90 Å². The minimum absolute atomic E-state index is 0.0280. The molecule has 0 aliphatic carbocycles. The zero-order chi connectivity index (χ0) is 16.2. The molecule has 2 aliphatic rings. The van der Waals surface area contributed by atoms with E-state index in [1.165, 1.54) is 12.4 Å². The largest absolute Gasteiger partial charge is 0.452 e. The Kier molecular flexibility index (Phi) is 2.97. The highest BCUT2D eigenvalue weighted by molar-refractivity contribution is 5.63. The molecular weight excluding hydrogens is 313 g/mol. The highest BCUT2D eigenvalue weighted by atomic mass is 19.4. The summed E-state index contributed by atoms with van der Waals surface area (Å²) in [5, 5.41) is 9.98. The molecule has 1 N–H and O–H groups in total. The molecule has 2 aliphatic heterocycles. The van der Waals surface area contributed by atoms with Gasteiger partial charge in [-0.05, 0) is 19.3 Å². The van der Waals surface area contributed by atoms with Gasteiger partial charge in [0.2, 0.25) is 17.9 Å². The first-order chi connectivity index (χ1) is 11.0. The van der Waals surface area contributed by atoms with E-state index in [0.29, 0.717) is 0 Å². The molecule has 2 fully saturated rings. The topological polar surface area (TPSA) is 75.4 Å². The van der Waals surface area contributed by atoms with Crippen LogP contribution in [0.3, 0.4) is 0 Å². The summed E-state index contributed by atoms with van der Waals surface area (Å²) in [7, 11) is 0. The van der Waals surface area contributed by atoms with Crippen molar-refractivity contribution < 1.29 is 18.0 Å². The SMILES string of the molecule is O=CN1C2CCC1C(Nc1nccn3c(C(F)(F)F)nnc13)C2. The quantitative estimate of drug-likeness (QED) is 0.861. The van der Waals surface area contributed by atoms with Crippen LogP contribution in [0.25, 0.3) is 5.65 Å². The fourth-order valence-electron chi connectivity index (χ4n) is 3.65. The molecule has 4 heterocycles. The number of aromatic nitrogens is 4. The van der Waals surface area contributed by atoms with Crippen LogP contribution in [0.2, 0.25) is 0 Å². The average molecular weight is 326 g/mol. The van der Waals surface area contributed by atoms with E-state index in [-0.39, 0.29) is 29.6 Å². The lowest BCUT2D eigenvalue weighted by Gasteiger charge is -2.22. The van der Waals surface area contributed by atoms with E-state index in [4.69, 9.17) is 0 Å². The van der Waals surface area contributed by atoms with Gasteiger partial charge in [0.15, 0.2) is 5.82 Å². The van der Waals surface area contributed by atoms with E-state index in [2.05, 4.69) is 20.5 Å². The van der Waals surface area contributed by atoms with Crippen molar-refractivity contribution in [2.75, 3.05) is 5.32 Å². The fraction of sp³-hybridized carbons (Fsp3) is 0.538. The number of anilines is 1. The molecule has 3 atom stereocenters. The molecule has 2 aromatic heterocycles. The predicted octanol–water partition coefficient (Wildman–Crippen LogP) is 1.32. The third kappa shape index (κ3) is 2.12. The van der Waals surface area contributed by atoms with Crippen molar-refractivity contribution in [2.45, 2.75) is 43.6 Å². The lowest BCUT2D eigenvalue weighted by Crippen LogP contribution is -2.35. The van der Waals surface area contributed by atoms with E-state index < -0.39 is 12.0 Å². The summed E-state index contributed by atoms with van der Waals surface area (Å²) in [6, 6.07) is 0.201. The van der Waals surface area contributed by atoms with Crippen molar-refractivity contribution in [3.05, 3.63) is 18.2 Å². The maximum absolute atomic E-state index is 12.9. The average Bonchev–Trinajstić information content (AvgIpc) is 3.18. The van der Waals surface area contributed by atoms with Crippen LogP contribution in [0.1, 0.15) is 25.1 Å². The van der Waals surface area contributed by atoms with Gasteiger partial charge in [-0.1, -0.05) is 0 Å². The number of amides is 1. The van der Waals surface area contributed by atoms with Gasteiger partial charge < -0.3 is 10.2 Å². The van der Waals surface area contributed by atoms with Gasteiger partial charge in [-0.25, -0.2) is 4.98 Å². The van der Waals surface area contributed by atoms with Crippen molar-refractivity contribution in [2.24, 2.45) is 0 Å². The van der Waals surface area contributed by atoms with Crippen molar-refractivity contribution in [1.82, 2.24) is 24.5 Å². The Balaban J connectivity index is 1.66. The molecule has 0 radical (unpaired) electrons. The van der Waals surface area contributed by atoms with Crippen molar-refractivity contribution in [3.63, 3.8) is 0 Å². The summed E-state index contributed by atoms with van der Waals surface area (Å²) in [6.07, 6.45) is 1.32. The maximum atomic E-state index is 12.9. The summed E-state index contributed by atoms with van der Waals surface area (Å²) in [6.45, 7) is 0. The first kappa shape index (κ1) is 14.2. The number of hydrogen-bond donors (Lipinski definition) is 1. The summed E-state index contributed by atoms with van der Waals surface area (Å²) >= 11 is 0. The van der Waals surface area contributed by atoms with Gasteiger partial charge in [-0.2, -0.15) is 13.2 Å². The molecule has 1 amide bonds. The van der Waals surface area contributed by atoms with Crippen LogP contribution in [0.15, 0.2) is 12.4 Å². The molecule has 2 saturated heterocycles. The Morgan fingerprint density at radius 3 is 2.83 bits per heavy atom. The van der Waals surface area contributed by atoms with E-state index >= 15 is 0 Å². The molecule has 7 nitrogen and oxygen atoms in total. The predicted molar refractivity (Wildman–Crippen MR) is 72.5 cm³/mol. The number of nitrogens with one attached hydrogen (secondary N) is 1. The molecule has 4 rings (SSSR count). The highest BCUT2D eigenvalue weighted by Crippen LogP contribution is 2.38. The summed E-state index contributed by atoms with van der Waals surface area (Å²) in [4.78, 5) is 17.0. The number of hydrogen-bond acceptors (Lipinski definition) is 5. The first-order valence-corrected chi connectivity index (χ1v) is 7.25. The Morgan fingerprint density at radius 2 is 2.13 bits per heavy atom. The number of rotatable bonds is 3. The second-order valence-corrected chi connectivity index (χ2v) is 5.83. The molecule has 122 valence electrons. The lowest BCUT2D eigenvalue weighted by atomic mass is 9.95. The molecule has 23 heavy (non-hydrogen) atoms. The van der Waals surface area contributed by atoms with Crippen molar-refractivity contribution >= 4 is 17.9 Å². The van der Waals surface area contributed by atoms with Crippen LogP contribution < -0.4 is 5.32 Å². The zero-order valence-corrected chi connectivity index (χ0v) is 11.9. The van der Waals surface area contributed by atoms with Crippen LogP contribution in [0.4, 0.5) is 19.0 Å². The van der Waals surface area contributed by atoms with Gasteiger partial charge in [-0.3, -0.25) is 9.20 Å². The third-order valence-electron chi connectivity index (χ3n) is 4.62. The van der Waals surface area contributed by atoms with Crippen LogP contribution >= 0.6 is 0 Å². The van der Waals surface area contributed by atoms with Crippen LogP contribution in [0.5, 0.6) is 0 Å². The monoisotopic (exact) mass is 326 g/mol. The minimum atomic E-state index is -4.58. The second-order valence-electron chi connectivity index (χ2n) is 5.83. The van der Waals surface area contributed by atoms with Crippen LogP contribution in [-0.2, 0) is 11.0 Å². The van der Waals surface area contributed by atoms with Gasteiger partial charge in [0, 0.05) is 18.4 Å². The molecule has 10 heteroatoms. The smallest absolute Gasteiger partial charge is 0.362 e. The van der Waals surface area contributed by atoms with E-state index in [9.17, 15) is 18.0 Å². The molecule has 0 saturated carbocycles. The zero-order valence-electron chi connectivity index (χ0n) is 11.9. The number of halogens is 3. The van der Waals surface area contributed by atoms with E-state index in [1.807, 2.05) is 0 Å². The summed E-state index contributed by atoms with van der Waals surface area (Å²) < 4.78 is 39.6. The molecule has 0 spiro atoms. The Morgan fingerprint density at radius 1 is 1.30 bits per heavy atom. The van der Waals surface area contributed by atoms with Gasteiger partial charge >= 0.3 is 6.18 Å². The Labute approximate surface area is 128 Å². The standard InChI is InChI=1S/C13H13F3N6O/c14-13(15,16)12-20-19-11-10(17-3-4-21(11)12)18-8-5-7-1-2-9(8)22(7)6-23/h3-4,6-9H,1-2,5H2,(H,17,18). The maximum Gasteiger partial charge on any atom is 0.452 e. The number of alkyl halides is 3. The van der Waals surface area contributed by atoms with Crippen molar-refractivity contribution in [3.8, 4) is 0 Å². The third-order valence-corrected chi connectivity index (χ3v) is 4.62. The fourth-order valence-corrected chi connectivity index (χ4v) is 3.65. The number of fused-ring (bicyclic) bond motifs is 3. The molecule has 2 aromatic rings. The van der Waals surface area contributed by atoms with Crippen LogP contribution in [-0.4, -0.2) is 49.0 Å². The van der Waals surface area contributed by atoms with Gasteiger partial charge in [0.05, 0.1) is 12.1 Å². The summed E-state index contributed by atoms with van der Waals surface area (Å²) in [5.41, 5.74) is 0.0280. The molecule has 3 unspecified atom stereocenters.